The molecule has 0 saturated carbocycles. The number of amides is 1. The molecule has 0 aromatic heterocycles. The number of hydrogen-bond donors (Lipinski definition) is 1. The Bertz CT molecular complexity index is 1020. The highest BCUT2D eigenvalue weighted by Gasteiger charge is 2.37. The number of esters is 1. The molecule has 2 aromatic rings. The molecule has 186 valence electrons. The van der Waals surface area contributed by atoms with Crippen molar-refractivity contribution in [2.45, 2.75) is 45.1 Å². The van der Waals surface area contributed by atoms with E-state index in [4.69, 9.17) is 9.47 Å². The molecule has 5 nitrogen and oxygen atoms in total. The predicted molar refractivity (Wildman–Crippen MR) is 106 cm³/mol. The van der Waals surface area contributed by atoms with E-state index in [1.807, 2.05) is 0 Å². The van der Waals surface area contributed by atoms with Crippen LogP contribution in [-0.2, 0) is 23.5 Å². The minimum absolute atomic E-state index is 0.0265. The largest absolute Gasteiger partial charge is 0.444 e. The van der Waals surface area contributed by atoms with Crippen LogP contribution >= 0.6 is 0 Å². The fourth-order valence-corrected chi connectivity index (χ4v) is 2.66. The first-order chi connectivity index (χ1) is 15.5. The molecular formula is C22H20F7NO4. The minimum Gasteiger partial charge on any atom is -0.444 e. The molecule has 0 fully saturated rings. The summed E-state index contributed by atoms with van der Waals surface area (Å²) < 4.78 is 102. The lowest BCUT2D eigenvalue weighted by Gasteiger charge is -2.19. The number of carbonyl (C=O) groups excluding carboxylic acids is 2. The van der Waals surface area contributed by atoms with Crippen LogP contribution in [0.1, 0.15) is 47.8 Å². The van der Waals surface area contributed by atoms with Crippen molar-refractivity contribution in [2.75, 3.05) is 6.54 Å². The van der Waals surface area contributed by atoms with Crippen molar-refractivity contribution >= 4 is 12.1 Å². The maximum atomic E-state index is 14.1. The van der Waals surface area contributed by atoms with Crippen LogP contribution in [0.15, 0.2) is 36.4 Å². The van der Waals surface area contributed by atoms with Crippen LogP contribution in [-0.4, -0.2) is 24.2 Å². The Hall–Kier alpha value is -3.31. The van der Waals surface area contributed by atoms with Crippen LogP contribution in [0.25, 0.3) is 0 Å². The van der Waals surface area contributed by atoms with Crippen LogP contribution in [0, 0.1) is 5.82 Å². The molecule has 0 atom stereocenters. The molecule has 0 bridgehead atoms. The van der Waals surface area contributed by atoms with E-state index < -0.39 is 52.5 Å². The highest BCUT2D eigenvalue weighted by Crippen LogP contribution is 2.36. The monoisotopic (exact) mass is 495 g/mol. The van der Waals surface area contributed by atoms with Gasteiger partial charge in [0.2, 0.25) is 0 Å². The number of alkyl carbamates (subject to hydrolysis) is 1. The Labute approximate surface area is 189 Å². The third-order valence-electron chi connectivity index (χ3n) is 4.11. The highest BCUT2D eigenvalue weighted by molar-refractivity contribution is 5.91. The van der Waals surface area contributed by atoms with E-state index in [0.29, 0.717) is 0 Å². The number of ether oxygens (including phenoxy) is 2. The topological polar surface area (TPSA) is 64.6 Å². The molecule has 0 radical (unpaired) electrons. The van der Waals surface area contributed by atoms with Gasteiger partial charge in [-0.2, -0.15) is 26.3 Å². The zero-order valence-corrected chi connectivity index (χ0v) is 18.2. The van der Waals surface area contributed by atoms with E-state index in [1.54, 1.807) is 20.8 Å². The molecule has 0 aliphatic carbocycles. The second-order valence-corrected chi connectivity index (χ2v) is 8.12. The van der Waals surface area contributed by atoms with E-state index in [-0.39, 0.29) is 42.5 Å². The number of carbonyl (C=O) groups is 2. The summed E-state index contributed by atoms with van der Waals surface area (Å²) in [5.41, 5.74) is -5.12. The molecule has 0 unspecified atom stereocenters. The molecule has 0 heterocycles. The van der Waals surface area contributed by atoms with Gasteiger partial charge in [-0.25, -0.2) is 14.0 Å². The summed E-state index contributed by atoms with van der Waals surface area (Å²) in [6.45, 7) is 4.87. The van der Waals surface area contributed by atoms with Crippen molar-refractivity contribution in [3.05, 3.63) is 64.5 Å². The molecule has 0 saturated heterocycles. The lowest BCUT2D eigenvalue weighted by molar-refractivity contribution is -0.143. The Balaban J connectivity index is 2.18. The minimum atomic E-state index is -5.14. The quantitative estimate of drug-likeness (QED) is 0.307. The van der Waals surface area contributed by atoms with E-state index in [9.17, 15) is 40.3 Å². The Morgan fingerprint density at radius 3 is 1.94 bits per heavy atom. The van der Waals surface area contributed by atoms with E-state index in [2.05, 4.69) is 5.32 Å². The van der Waals surface area contributed by atoms with E-state index >= 15 is 0 Å². The molecule has 2 aromatic carbocycles. The van der Waals surface area contributed by atoms with Crippen LogP contribution in [0.2, 0.25) is 0 Å². The van der Waals surface area contributed by atoms with Gasteiger partial charge in [0.15, 0.2) is 0 Å². The molecule has 1 N–H and O–H groups in total. The van der Waals surface area contributed by atoms with Crippen molar-refractivity contribution in [1.82, 2.24) is 5.32 Å². The van der Waals surface area contributed by atoms with Gasteiger partial charge in [0.05, 0.1) is 16.7 Å². The predicted octanol–water partition coefficient (Wildman–Crippen LogP) is 6.15. The van der Waals surface area contributed by atoms with Gasteiger partial charge in [0.1, 0.15) is 17.2 Å². The molecule has 0 spiro atoms. The van der Waals surface area contributed by atoms with Crippen LogP contribution in [0.4, 0.5) is 35.5 Å². The van der Waals surface area contributed by atoms with Crippen molar-refractivity contribution < 1.29 is 49.8 Å². The number of halogens is 7. The Kier molecular flexibility index (Phi) is 7.84. The average molecular weight is 495 g/mol. The molecule has 2 rings (SSSR count). The van der Waals surface area contributed by atoms with Gasteiger partial charge in [0.25, 0.3) is 0 Å². The fourth-order valence-electron chi connectivity index (χ4n) is 2.66. The first kappa shape index (κ1) is 26.9. The Morgan fingerprint density at radius 1 is 0.882 bits per heavy atom. The summed E-state index contributed by atoms with van der Waals surface area (Å²) in [4.78, 5) is 23.9. The third-order valence-corrected chi connectivity index (χ3v) is 4.11. The van der Waals surface area contributed by atoms with E-state index in [0.717, 1.165) is 18.2 Å². The number of hydrogen-bond acceptors (Lipinski definition) is 4. The summed E-state index contributed by atoms with van der Waals surface area (Å²) in [6.07, 6.45) is -11.1. The van der Waals surface area contributed by atoms with E-state index in [1.165, 1.54) is 0 Å². The summed E-state index contributed by atoms with van der Waals surface area (Å²) in [5, 5.41) is 2.39. The van der Waals surface area contributed by atoms with Crippen LogP contribution in [0.5, 0.6) is 5.75 Å². The number of benzene rings is 2. The molecular weight excluding hydrogens is 475 g/mol. The molecule has 0 aliphatic heterocycles. The van der Waals surface area contributed by atoms with Gasteiger partial charge >= 0.3 is 24.4 Å². The first-order valence-electron chi connectivity index (χ1n) is 9.72. The number of nitrogens with one attached hydrogen (secondary N) is 1. The highest BCUT2D eigenvalue weighted by atomic mass is 19.4. The van der Waals surface area contributed by atoms with Gasteiger partial charge in [0, 0.05) is 6.54 Å². The van der Waals surface area contributed by atoms with Crippen molar-refractivity contribution in [2.24, 2.45) is 0 Å². The normalized spacial score (nSPS) is 12.3. The first-order valence-corrected chi connectivity index (χ1v) is 9.72. The number of alkyl halides is 6. The second kappa shape index (κ2) is 9.90. The smallest absolute Gasteiger partial charge is 0.416 e. The van der Waals surface area contributed by atoms with Gasteiger partial charge in [-0.3, -0.25) is 0 Å². The van der Waals surface area contributed by atoms with Gasteiger partial charge < -0.3 is 14.8 Å². The zero-order valence-electron chi connectivity index (χ0n) is 18.2. The average Bonchev–Trinajstić information content (AvgIpc) is 2.67. The summed E-state index contributed by atoms with van der Waals surface area (Å²) in [5.74, 6) is -2.55. The maximum absolute atomic E-state index is 14.1. The maximum Gasteiger partial charge on any atom is 0.416 e. The lowest BCUT2D eigenvalue weighted by Crippen LogP contribution is -2.33. The van der Waals surface area contributed by atoms with Crippen molar-refractivity contribution in [1.29, 1.82) is 0 Å². The molecule has 0 aliphatic rings. The molecule has 34 heavy (non-hydrogen) atoms. The second-order valence-electron chi connectivity index (χ2n) is 8.12. The SMILES string of the molecule is CC(C)(C)OC(=O)NCCc1cc(OC(=O)c2cc(C(F)(F)F)cc(C(F)(F)F)c2)ccc1F. The fraction of sp³-hybridized carbons (Fsp3) is 0.364. The molecule has 1 amide bonds. The standard InChI is InChI=1S/C22H20F7NO4/c1-20(2,3)34-19(32)30-7-6-12-10-16(4-5-17(12)23)33-18(31)13-8-14(21(24,25)26)11-15(9-13)22(27,28)29/h4-5,8-11H,6-7H2,1-3H3,(H,30,32). The zero-order chi connectivity index (χ0) is 25.9. The summed E-state index contributed by atoms with van der Waals surface area (Å²) in [7, 11) is 0. The molecule has 12 heteroatoms. The van der Waals surface area contributed by atoms with Crippen molar-refractivity contribution in [3.8, 4) is 5.75 Å². The Morgan fingerprint density at radius 2 is 1.44 bits per heavy atom. The summed E-state index contributed by atoms with van der Waals surface area (Å²) >= 11 is 0. The van der Waals surface area contributed by atoms with Crippen LogP contribution in [0.3, 0.4) is 0 Å². The summed E-state index contributed by atoms with van der Waals surface area (Å²) in [6, 6.07) is 3.27. The van der Waals surface area contributed by atoms with Gasteiger partial charge in [-0.15, -0.1) is 0 Å². The van der Waals surface area contributed by atoms with Crippen LogP contribution < -0.4 is 10.1 Å². The van der Waals surface area contributed by atoms with Crippen molar-refractivity contribution in [3.63, 3.8) is 0 Å². The third kappa shape index (κ3) is 7.92. The van der Waals surface area contributed by atoms with Gasteiger partial charge in [-0.05, 0) is 69.2 Å². The lowest BCUT2D eigenvalue weighted by atomic mass is 10.0. The number of rotatable bonds is 5. The van der Waals surface area contributed by atoms with Gasteiger partial charge in [-0.1, -0.05) is 0 Å².